The summed E-state index contributed by atoms with van der Waals surface area (Å²) in [6.45, 7) is 4.35. The molecule has 4 nitrogen and oxygen atoms in total. The molecule has 0 radical (unpaired) electrons. The smallest absolute Gasteiger partial charge is 0.239 e. The molecule has 0 saturated carbocycles. The first kappa shape index (κ1) is 11.9. The summed E-state index contributed by atoms with van der Waals surface area (Å²) in [5, 5.41) is 8.81. The predicted octanol–water partition coefficient (Wildman–Crippen LogP) is 2.38. The van der Waals surface area contributed by atoms with Crippen molar-refractivity contribution in [1.29, 1.82) is 0 Å². The van der Waals surface area contributed by atoms with Crippen molar-refractivity contribution in [3.8, 4) is 0 Å². The molecule has 2 rings (SSSR count). The van der Waals surface area contributed by atoms with Gasteiger partial charge in [-0.2, -0.15) is 0 Å². The van der Waals surface area contributed by atoms with Gasteiger partial charge in [-0.3, -0.25) is 9.69 Å². The van der Waals surface area contributed by atoms with E-state index in [0.29, 0.717) is 11.7 Å². The third kappa shape index (κ3) is 2.08. The highest BCUT2D eigenvalue weighted by Gasteiger charge is 2.38. The molecule has 0 aromatic carbocycles. The average molecular weight is 257 g/mol. The number of carbonyl (C=O) groups is 1. The lowest BCUT2D eigenvalue weighted by molar-refractivity contribution is -0.116. The van der Waals surface area contributed by atoms with Gasteiger partial charge in [0.15, 0.2) is 0 Å². The molecule has 1 aliphatic rings. The van der Waals surface area contributed by atoms with Gasteiger partial charge in [0, 0.05) is 0 Å². The van der Waals surface area contributed by atoms with Gasteiger partial charge < -0.3 is 0 Å². The second-order valence-corrected chi connectivity index (χ2v) is 5.68. The van der Waals surface area contributed by atoms with Crippen LogP contribution in [0, 0.1) is 5.92 Å². The Hall–Kier alpha value is -0.620. The third-order valence-corrected chi connectivity index (χ3v) is 4.95. The van der Waals surface area contributed by atoms with Crippen LogP contribution in [0.15, 0.2) is 5.51 Å². The van der Waals surface area contributed by atoms with E-state index in [4.69, 9.17) is 0 Å². The van der Waals surface area contributed by atoms with Crippen molar-refractivity contribution in [2.75, 3.05) is 10.7 Å². The standard InChI is InChI=1S/C10H15N3OS2/c1-3-7(4-2)9-13(8(14)5-15-9)10-12-11-6-16-10/h6-7,9H,3-5H2,1-2H3. The Kier molecular flexibility index (Phi) is 3.81. The van der Waals surface area contributed by atoms with Crippen molar-refractivity contribution in [3.63, 3.8) is 0 Å². The van der Waals surface area contributed by atoms with Gasteiger partial charge in [0.05, 0.1) is 11.1 Å². The van der Waals surface area contributed by atoms with Crippen LogP contribution in [-0.4, -0.2) is 27.2 Å². The van der Waals surface area contributed by atoms with Crippen LogP contribution < -0.4 is 4.90 Å². The van der Waals surface area contributed by atoms with Gasteiger partial charge in [-0.05, 0) is 5.92 Å². The zero-order chi connectivity index (χ0) is 11.5. The molecule has 1 amide bonds. The summed E-state index contributed by atoms with van der Waals surface area (Å²) in [6.07, 6.45) is 2.19. The van der Waals surface area contributed by atoms with Gasteiger partial charge >= 0.3 is 0 Å². The van der Waals surface area contributed by atoms with Crippen LogP contribution in [0.3, 0.4) is 0 Å². The zero-order valence-corrected chi connectivity index (χ0v) is 11.1. The average Bonchev–Trinajstić information content (AvgIpc) is 2.90. The molecule has 0 bridgehead atoms. The van der Waals surface area contributed by atoms with E-state index in [-0.39, 0.29) is 11.3 Å². The number of amides is 1. The van der Waals surface area contributed by atoms with Crippen molar-refractivity contribution >= 4 is 34.1 Å². The molecule has 0 spiro atoms. The van der Waals surface area contributed by atoms with Crippen molar-refractivity contribution < 1.29 is 4.79 Å². The van der Waals surface area contributed by atoms with Crippen molar-refractivity contribution in [2.45, 2.75) is 32.1 Å². The highest BCUT2D eigenvalue weighted by Crippen LogP contribution is 2.37. The first-order chi connectivity index (χ1) is 7.77. The van der Waals surface area contributed by atoms with Gasteiger partial charge in [-0.15, -0.1) is 22.0 Å². The van der Waals surface area contributed by atoms with Gasteiger partial charge in [-0.1, -0.05) is 38.0 Å². The van der Waals surface area contributed by atoms with Crippen LogP contribution in [0.1, 0.15) is 26.7 Å². The Labute approximate surface area is 103 Å². The van der Waals surface area contributed by atoms with E-state index in [1.165, 1.54) is 11.3 Å². The third-order valence-electron chi connectivity index (χ3n) is 2.91. The van der Waals surface area contributed by atoms with Crippen molar-refractivity contribution in [3.05, 3.63) is 5.51 Å². The number of hydrogen-bond acceptors (Lipinski definition) is 5. The summed E-state index contributed by atoms with van der Waals surface area (Å²) < 4.78 is 0. The molecular formula is C10H15N3OS2. The van der Waals surface area contributed by atoms with Crippen LogP contribution in [0.5, 0.6) is 0 Å². The number of carbonyl (C=O) groups excluding carboxylic acids is 1. The topological polar surface area (TPSA) is 46.1 Å². The van der Waals surface area contributed by atoms with Crippen molar-refractivity contribution in [1.82, 2.24) is 10.2 Å². The summed E-state index contributed by atoms with van der Waals surface area (Å²) in [6, 6.07) is 0. The zero-order valence-electron chi connectivity index (χ0n) is 9.42. The maximum absolute atomic E-state index is 11.9. The Balaban J connectivity index is 2.22. The number of hydrogen-bond donors (Lipinski definition) is 0. The maximum atomic E-state index is 11.9. The molecular weight excluding hydrogens is 242 g/mol. The van der Waals surface area contributed by atoms with Crippen LogP contribution >= 0.6 is 23.1 Å². The number of thioether (sulfide) groups is 1. The molecule has 16 heavy (non-hydrogen) atoms. The molecule has 0 N–H and O–H groups in total. The lowest BCUT2D eigenvalue weighted by Crippen LogP contribution is -2.37. The fraction of sp³-hybridized carbons (Fsp3) is 0.700. The Morgan fingerprint density at radius 2 is 2.31 bits per heavy atom. The minimum atomic E-state index is 0.165. The fourth-order valence-corrected chi connectivity index (χ4v) is 4.12. The largest absolute Gasteiger partial charge is 0.273 e. The Morgan fingerprint density at radius 3 is 2.88 bits per heavy atom. The number of anilines is 1. The number of nitrogens with zero attached hydrogens (tertiary/aromatic N) is 3. The van der Waals surface area contributed by atoms with E-state index < -0.39 is 0 Å². The van der Waals surface area contributed by atoms with E-state index in [0.717, 1.165) is 18.0 Å². The summed E-state index contributed by atoms with van der Waals surface area (Å²) in [7, 11) is 0. The normalized spacial score (nSPS) is 21.1. The summed E-state index contributed by atoms with van der Waals surface area (Å²) in [5.41, 5.74) is 1.68. The lowest BCUT2D eigenvalue weighted by Gasteiger charge is -2.27. The summed E-state index contributed by atoms with van der Waals surface area (Å²) in [5.74, 6) is 1.28. The number of aromatic nitrogens is 2. The molecule has 0 aliphatic carbocycles. The van der Waals surface area contributed by atoms with E-state index >= 15 is 0 Å². The van der Waals surface area contributed by atoms with E-state index in [1.807, 2.05) is 4.90 Å². The van der Waals surface area contributed by atoms with Gasteiger partial charge in [0.1, 0.15) is 5.51 Å². The molecule has 1 atom stereocenters. The molecule has 1 unspecified atom stereocenters. The van der Waals surface area contributed by atoms with Crippen molar-refractivity contribution in [2.24, 2.45) is 5.92 Å². The molecule has 1 saturated heterocycles. The van der Waals surface area contributed by atoms with Gasteiger partial charge in [0.25, 0.3) is 0 Å². The fourth-order valence-electron chi connectivity index (χ4n) is 1.97. The van der Waals surface area contributed by atoms with E-state index in [9.17, 15) is 4.79 Å². The van der Waals surface area contributed by atoms with E-state index in [2.05, 4.69) is 24.0 Å². The summed E-state index contributed by atoms with van der Waals surface area (Å²) >= 11 is 3.16. The monoisotopic (exact) mass is 257 g/mol. The van der Waals surface area contributed by atoms with Crippen LogP contribution in [0.4, 0.5) is 5.13 Å². The van der Waals surface area contributed by atoms with E-state index in [1.54, 1.807) is 17.3 Å². The van der Waals surface area contributed by atoms with Gasteiger partial charge in [-0.25, -0.2) is 0 Å². The molecule has 1 fully saturated rings. The number of rotatable bonds is 4. The lowest BCUT2D eigenvalue weighted by atomic mass is 10.0. The second kappa shape index (κ2) is 5.14. The molecule has 1 aromatic heterocycles. The molecule has 2 heterocycles. The van der Waals surface area contributed by atoms with Gasteiger partial charge in [0.2, 0.25) is 11.0 Å². The Bertz CT molecular complexity index is 351. The SMILES string of the molecule is CCC(CC)C1SCC(=O)N1c1nncs1. The molecule has 88 valence electrons. The summed E-state index contributed by atoms with van der Waals surface area (Å²) in [4.78, 5) is 13.7. The highest BCUT2D eigenvalue weighted by atomic mass is 32.2. The first-order valence-electron chi connectivity index (χ1n) is 5.47. The Morgan fingerprint density at radius 1 is 1.56 bits per heavy atom. The minimum Gasteiger partial charge on any atom is -0.273 e. The minimum absolute atomic E-state index is 0.165. The predicted molar refractivity (Wildman–Crippen MR) is 67.7 cm³/mol. The molecule has 6 heteroatoms. The quantitative estimate of drug-likeness (QED) is 0.831. The molecule has 1 aromatic rings. The first-order valence-corrected chi connectivity index (χ1v) is 7.40. The van der Waals surface area contributed by atoms with Crippen LogP contribution in [-0.2, 0) is 4.79 Å². The highest BCUT2D eigenvalue weighted by molar-refractivity contribution is 8.01. The molecule has 1 aliphatic heterocycles. The maximum Gasteiger partial charge on any atom is 0.239 e. The second-order valence-electron chi connectivity index (χ2n) is 3.76. The van der Waals surface area contributed by atoms with Crippen LogP contribution in [0.2, 0.25) is 0 Å². The van der Waals surface area contributed by atoms with Crippen LogP contribution in [0.25, 0.3) is 0 Å².